The molecule has 0 saturated carbocycles. The van der Waals surface area contributed by atoms with E-state index in [9.17, 15) is 5.21 Å². The number of nitrogens with zero attached hydrogens (tertiary/aromatic N) is 2. The number of rotatable bonds is 3. The average molecular weight is 231 g/mol. The summed E-state index contributed by atoms with van der Waals surface area (Å²) < 4.78 is 1.07. The van der Waals surface area contributed by atoms with Gasteiger partial charge in [-0.15, -0.1) is 0 Å². The number of hydrogen-bond donors (Lipinski definition) is 2. The molecular weight excluding hydrogens is 214 g/mol. The minimum absolute atomic E-state index is 0.577. The van der Waals surface area contributed by atoms with Crippen LogP contribution in [0.4, 0.5) is 5.69 Å². The maximum absolute atomic E-state index is 9.72. The molecule has 2 N–H and O–H groups in total. The van der Waals surface area contributed by atoms with Crippen molar-refractivity contribution in [3.05, 3.63) is 36.0 Å². The third-order valence-electron chi connectivity index (χ3n) is 2.57. The van der Waals surface area contributed by atoms with Crippen LogP contribution >= 0.6 is 0 Å². The minimum Gasteiger partial charge on any atom is -0.427 e. The zero-order valence-corrected chi connectivity index (χ0v) is 10.1. The van der Waals surface area contributed by atoms with Gasteiger partial charge < -0.3 is 10.5 Å². The first kappa shape index (κ1) is 11.5. The molecule has 4 nitrogen and oxygen atoms in total. The summed E-state index contributed by atoms with van der Waals surface area (Å²) in [7, 11) is 0. The summed E-state index contributed by atoms with van der Waals surface area (Å²) >= 11 is 0. The highest BCUT2D eigenvalue weighted by Gasteiger charge is 1.99. The lowest BCUT2D eigenvalue weighted by molar-refractivity contribution is 0.173. The quantitative estimate of drug-likeness (QED) is 0.796. The van der Waals surface area contributed by atoms with Gasteiger partial charge in [0.2, 0.25) is 0 Å². The van der Waals surface area contributed by atoms with E-state index in [1.54, 1.807) is 6.20 Å². The first-order valence-electron chi connectivity index (χ1n) is 5.84. The number of aromatic nitrogens is 1. The van der Waals surface area contributed by atoms with Crippen LogP contribution in [-0.2, 0) is 0 Å². The highest BCUT2D eigenvalue weighted by molar-refractivity contribution is 5.84. The first-order chi connectivity index (χ1) is 8.24. The van der Waals surface area contributed by atoms with Gasteiger partial charge in [-0.2, -0.15) is 4.73 Å². The van der Waals surface area contributed by atoms with Crippen molar-refractivity contribution in [2.45, 2.75) is 13.8 Å². The Hall–Kier alpha value is -1.97. The molecule has 0 spiro atoms. The number of fused-ring (bicyclic) bond motifs is 1. The number of pyridine rings is 1. The van der Waals surface area contributed by atoms with E-state index in [1.807, 2.05) is 25.1 Å². The maximum atomic E-state index is 9.72. The van der Waals surface area contributed by atoms with Crippen LogP contribution in [0.15, 0.2) is 35.5 Å². The normalized spacial score (nSPS) is 12.0. The molecule has 1 aromatic carbocycles. The number of anilines is 1. The third kappa shape index (κ3) is 2.41. The number of nitrogens with one attached hydrogen (secondary N) is 1. The van der Waals surface area contributed by atoms with Crippen molar-refractivity contribution in [1.82, 2.24) is 4.73 Å². The van der Waals surface area contributed by atoms with Gasteiger partial charge in [-0.25, -0.2) is 0 Å². The Labute approximate surface area is 100 Å². The van der Waals surface area contributed by atoms with Crippen LogP contribution in [0.2, 0.25) is 0 Å². The van der Waals surface area contributed by atoms with Crippen molar-refractivity contribution in [2.24, 2.45) is 4.99 Å². The fraction of sp³-hybridized carbons (Fsp3) is 0.308. The summed E-state index contributed by atoms with van der Waals surface area (Å²) in [5, 5.41) is 15.0. The number of benzene rings is 1. The zero-order chi connectivity index (χ0) is 12.3. The van der Waals surface area contributed by atoms with Crippen molar-refractivity contribution >= 4 is 16.5 Å². The maximum Gasteiger partial charge on any atom is 0.163 e. The molecule has 17 heavy (non-hydrogen) atoms. The lowest BCUT2D eigenvalue weighted by Crippen LogP contribution is -2.18. The molecule has 2 rings (SSSR count). The lowest BCUT2D eigenvalue weighted by atomic mass is 10.1. The molecule has 1 heterocycles. The molecule has 0 fully saturated rings. The molecule has 0 saturated heterocycles. The molecular formula is C13H17N3O. The Kier molecular flexibility index (Phi) is 3.32. The van der Waals surface area contributed by atoms with Crippen LogP contribution in [0, 0.1) is 0 Å². The van der Waals surface area contributed by atoms with Gasteiger partial charge in [-0.05, 0) is 37.4 Å². The lowest BCUT2D eigenvalue weighted by Gasteiger charge is -2.06. The van der Waals surface area contributed by atoms with Gasteiger partial charge in [0, 0.05) is 24.2 Å². The van der Waals surface area contributed by atoms with E-state index in [0.29, 0.717) is 12.0 Å². The minimum atomic E-state index is 0.577. The van der Waals surface area contributed by atoms with Crippen LogP contribution in [0.25, 0.3) is 10.8 Å². The Morgan fingerprint density at radius 3 is 2.76 bits per heavy atom. The van der Waals surface area contributed by atoms with Crippen molar-refractivity contribution in [3.63, 3.8) is 0 Å². The zero-order valence-electron chi connectivity index (χ0n) is 10.1. The molecule has 0 aliphatic carbocycles. The van der Waals surface area contributed by atoms with Gasteiger partial charge in [0.05, 0.1) is 6.20 Å². The largest absolute Gasteiger partial charge is 0.427 e. The van der Waals surface area contributed by atoms with Gasteiger partial charge in [-0.3, -0.25) is 4.99 Å². The highest BCUT2D eigenvalue weighted by atomic mass is 16.5. The summed E-state index contributed by atoms with van der Waals surface area (Å²) in [6.45, 7) is 5.55. The molecule has 0 aliphatic heterocycles. The van der Waals surface area contributed by atoms with Crippen molar-refractivity contribution < 1.29 is 5.21 Å². The number of hydrogen-bond acceptors (Lipinski definition) is 3. The fourth-order valence-electron chi connectivity index (χ4n) is 1.81. The van der Waals surface area contributed by atoms with Crippen molar-refractivity contribution in [3.8, 4) is 0 Å². The highest BCUT2D eigenvalue weighted by Crippen LogP contribution is 2.17. The Bertz CT molecular complexity index is 587. The first-order valence-corrected chi connectivity index (χ1v) is 5.84. The molecule has 0 radical (unpaired) electrons. The second-order valence-electron chi connectivity index (χ2n) is 3.82. The van der Waals surface area contributed by atoms with E-state index < -0.39 is 0 Å². The second-order valence-corrected chi connectivity index (χ2v) is 3.82. The Morgan fingerprint density at radius 2 is 2.06 bits per heavy atom. The van der Waals surface area contributed by atoms with Gasteiger partial charge in [0.15, 0.2) is 5.49 Å². The van der Waals surface area contributed by atoms with Crippen molar-refractivity contribution in [2.75, 3.05) is 18.4 Å². The summed E-state index contributed by atoms with van der Waals surface area (Å²) in [4.78, 5) is 4.22. The van der Waals surface area contributed by atoms with Gasteiger partial charge in [-0.1, -0.05) is 6.07 Å². The molecule has 0 aliphatic rings. The second kappa shape index (κ2) is 4.91. The van der Waals surface area contributed by atoms with E-state index in [-0.39, 0.29) is 0 Å². The van der Waals surface area contributed by atoms with Crippen LogP contribution < -0.4 is 10.8 Å². The van der Waals surface area contributed by atoms with Crippen LogP contribution in [-0.4, -0.2) is 23.0 Å². The molecule has 4 heteroatoms. The molecule has 90 valence electrons. The summed E-state index contributed by atoms with van der Waals surface area (Å²) in [5.74, 6) is 0. The molecule has 0 unspecified atom stereocenters. The standard InChI is InChI=1S/C13H17N3O/c1-3-14-12-6-5-10-9-16(17)13(15-4-2)8-11(10)7-12/h5-9,14,17H,3-4H2,1-2H3. The van der Waals surface area contributed by atoms with E-state index in [2.05, 4.69) is 23.3 Å². The van der Waals surface area contributed by atoms with E-state index in [0.717, 1.165) is 27.7 Å². The van der Waals surface area contributed by atoms with Crippen LogP contribution in [0.3, 0.4) is 0 Å². The fourth-order valence-corrected chi connectivity index (χ4v) is 1.81. The predicted molar refractivity (Wildman–Crippen MR) is 69.4 cm³/mol. The summed E-state index contributed by atoms with van der Waals surface area (Å²) in [5.41, 5.74) is 1.66. The molecule has 1 aromatic heterocycles. The smallest absolute Gasteiger partial charge is 0.163 e. The van der Waals surface area contributed by atoms with E-state index in [1.165, 1.54) is 0 Å². The van der Waals surface area contributed by atoms with Gasteiger partial charge >= 0.3 is 0 Å². The predicted octanol–water partition coefficient (Wildman–Crippen LogP) is 2.23. The van der Waals surface area contributed by atoms with E-state index >= 15 is 0 Å². The molecule has 0 amide bonds. The molecule has 0 atom stereocenters. The third-order valence-corrected chi connectivity index (χ3v) is 2.57. The average Bonchev–Trinajstić information content (AvgIpc) is 2.31. The molecule has 2 aromatic rings. The summed E-state index contributed by atoms with van der Waals surface area (Å²) in [6.07, 6.45) is 1.68. The summed E-state index contributed by atoms with van der Waals surface area (Å²) in [6, 6.07) is 7.94. The molecule has 0 bridgehead atoms. The van der Waals surface area contributed by atoms with Crippen LogP contribution in [0.5, 0.6) is 0 Å². The monoisotopic (exact) mass is 231 g/mol. The van der Waals surface area contributed by atoms with Crippen molar-refractivity contribution in [1.29, 1.82) is 0 Å². The SMILES string of the molecule is CCN=c1cc2cc(NCC)ccc2cn1O. The Morgan fingerprint density at radius 1 is 1.24 bits per heavy atom. The topological polar surface area (TPSA) is 49.5 Å². The Balaban J connectivity index is 2.60. The van der Waals surface area contributed by atoms with Crippen LogP contribution in [0.1, 0.15) is 13.8 Å². The van der Waals surface area contributed by atoms with E-state index in [4.69, 9.17) is 0 Å². The van der Waals surface area contributed by atoms with Gasteiger partial charge in [0.1, 0.15) is 0 Å². The van der Waals surface area contributed by atoms with Gasteiger partial charge in [0.25, 0.3) is 0 Å².